The maximum absolute atomic E-state index is 6.09. The highest BCUT2D eigenvalue weighted by atomic mass is 32.1. The van der Waals surface area contributed by atoms with E-state index in [9.17, 15) is 0 Å². The SMILES string of the molecule is CCCc1nc(-c2ccc3c(c2)OCCCO3)c(N)s1. The molecule has 0 radical (unpaired) electrons. The summed E-state index contributed by atoms with van der Waals surface area (Å²) in [7, 11) is 0. The van der Waals surface area contributed by atoms with E-state index in [0.717, 1.165) is 52.0 Å². The van der Waals surface area contributed by atoms with Crippen molar-refractivity contribution in [2.24, 2.45) is 0 Å². The van der Waals surface area contributed by atoms with Crippen molar-refractivity contribution in [2.45, 2.75) is 26.2 Å². The van der Waals surface area contributed by atoms with Crippen molar-refractivity contribution in [3.8, 4) is 22.8 Å². The maximum Gasteiger partial charge on any atom is 0.161 e. The first-order valence-electron chi connectivity index (χ1n) is 6.93. The van der Waals surface area contributed by atoms with Crippen molar-refractivity contribution >= 4 is 16.3 Å². The van der Waals surface area contributed by atoms with Crippen molar-refractivity contribution in [3.63, 3.8) is 0 Å². The van der Waals surface area contributed by atoms with Gasteiger partial charge in [0.15, 0.2) is 11.5 Å². The van der Waals surface area contributed by atoms with Gasteiger partial charge >= 0.3 is 0 Å². The highest BCUT2D eigenvalue weighted by molar-refractivity contribution is 7.16. The second-order valence-electron chi connectivity index (χ2n) is 4.78. The lowest BCUT2D eigenvalue weighted by molar-refractivity contribution is 0.297. The van der Waals surface area contributed by atoms with Crippen LogP contribution in [0.1, 0.15) is 24.8 Å². The molecule has 2 N–H and O–H groups in total. The third kappa shape index (κ3) is 2.58. The first kappa shape index (κ1) is 13.2. The molecule has 2 heterocycles. The number of thiazole rings is 1. The number of nitrogen functional groups attached to an aromatic ring is 1. The molecule has 0 unspecified atom stereocenters. The maximum atomic E-state index is 6.09. The third-order valence-electron chi connectivity index (χ3n) is 3.18. The fraction of sp³-hybridized carbons (Fsp3) is 0.400. The van der Waals surface area contributed by atoms with Crippen LogP contribution in [0.4, 0.5) is 5.00 Å². The van der Waals surface area contributed by atoms with Gasteiger partial charge in [0.05, 0.1) is 18.2 Å². The highest BCUT2D eigenvalue weighted by Gasteiger charge is 2.15. The molecule has 0 bridgehead atoms. The number of hydrogen-bond donors (Lipinski definition) is 1. The summed E-state index contributed by atoms with van der Waals surface area (Å²) < 4.78 is 11.4. The van der Waals surface area contributed by atoms with Gasteiger partial charge in [-0.1, -0.05) is 6.92 Å². The van der Waals surface area contributed by atoms with E-state index in [1.165, 1.54) is 0 Å². The van der Waals surface area contributed by atoms with E-state index in [1.54, 1.807) is 11.3 Å². The summed E-state index contributed by atoms with van der Waals surface area (Å²) in [6.07, 6.45) is 2.95. The van der Waals surface area contributed by atoms with Crippen molar-refractivity contribution in [2.75, 3.05) is 18.9 Å². The predicted molar refractivity (Wildman–Crippen MR) is 81.6 cm³/mol. The lowest BCUT2D eigenvalue weighted by Crippen LogP contribution is -1.97. The molecule has 0 aliphatic carbocycles. The zero-order valence-corrected chi connectivity index (χ0v) is 12.3. The Morgan fingerprint density at radius 3 is 2.85 bits per heavy atom. The van der Waals surface area contributed by atoms with Crippen LogP contribution in [0.3, 0.4) is 0 Å². The Balaban J connectivity index is 1.96. The number of benzene rings is 1. The summed E-state index contributed by atoms with van der Waals surface area (Å²) >= 11 is 1.57. The molecule has 106 valence electrons. The molecule has 1 aliphatic heterocycles. The number of nitrogens with zero attached hydrogens (tertiary/aromatic N) is 1. The van der Waals surface area contributed by atoms with Crippen LogP contribution in [0.25, 0.3) is 11.3 Å². The van der Waals surface area contributed by atoms with Gasteiger partial charge in [0.1, 0.15) is 10.7 Å². The molecule has 1 aliphatic rings. The molecule has 5 heteroatoms. The van der Waals surface area contributed by atoms with Crippen LogP contribution < -0.4 is 15.2 Å². The Labute approximate surface area is 122 Å². The molecular weight excluding hydrogens is 272 g/mol. The number of aromatic nitrogens is 1. The zero-order valence-electron chi connectivity index (χ0n) is 11.5. The summed E-state index contributed by atoms with van der Waals surface area (Å²) in [4.78, 5) is 4.64. The summed E-state index contributed by atoms with van der Waals surface area (Å²) in [6.45, 7) is 3.53. The van der Waals surface area contributed by atoms with Gasteiger partial charge in [-0.2, -0.15) is 0 Å². The van der Waals surface area contributed by atoms with E-state index in [0.29, 0.717) is 13.2 Å². The molecular formula is C15H18N2O2S. The zero-order chi connectivity index (χ0) is 13.9. The van der Waals surface area contributed by atoms with Crippen LogP contribution in [0.15, 0.2) is 18.2 Å². The van der Waals surface area contributed by atoms with E-state index in [1.807, 2.05) is 18.2 Å². The predicted octanol–water partition coefficient (Wildman–Crippen LogP) is 3.51. The average molecular weight is 290 g/mol. The van der Waals surface area contributed by atoms with Gasteiger partial charge in [-0.25, -0.2) is 4.98 Å². The molecule has 0 saturated carbocycles. The van der Waals surface area contributed by atoms with Crippen molar-refractivity contribution in [1.29, 1.82) is 0 Å². The van der Waals surface area contributed by atoms with Crippen molar-refractivity contribution in [3.05, 3.63) is 23.2 Å². The van der Waals surface area contributed by atoms with Gasteiger partial charge in [-0.15, -0.1) is 11.3 Å². The van der Waals surface area contributed by atoms with E-state index in [4.69, 9.17) is 15.2 Å². The minimum Gasteiger partial charge on any atom is -0.490 e. The minimum atomic E-state index is 0.685. The second-order valence-corrected chi connectivity index (χ2v) is 5.90. The number of rotatable bonds is 3. The molecule has 0 spiro atoms. The number of ether oxygens (including phenoxy) is 2. The quantitative estimate of drug-likeness (QED) is 0.940. The number of fused-ring (bicyclic) bond motifs is 1. The second kappa shape index (κ2) is 5.71. The molecule has 1 aromatic heterocycles. The van der Waals surface area contributed by atoms with E-state index in [-0.39, 0.29) is 0 Å². The molecule has 4 nitrogen and oxygen atoms in total. The van der Waals surface area contributed by atoms with Crippen LogP contribution in [0.2, 0.25) is 0 Å². The number of anilines is 1. The molecule has 3 rings (SSSR count). The third-order valence-corrected chi connectivity index (χ3v) is 4.13. The summed E-state index contributed by atoms with van der Waals surface area (Å²) in [5.74, 6) is 1.58. The summed E-state index contributed by atoms with van der Waals surface area (Å²) in [5, 5.41) is 1.86. The monoisotopic (exact) mass is 290 g/mol. The Morgan fingerprint density at radius 1 is 1.25 bits per heavy atom. The number of aryl methyl sites for hydroxylation is 1. The van der Waals surface area contributed by atoms with E-state index < -0.39 is 0 Å². The van der Waals surface area contributed by atoms with Gasteiger partial charge < -0.3 is 15.2 Å². The number of hydrogen-bond acceptors (Lipinski definition) is 5. The Hall–Kier alpha value is -1.75. The molecule has 2 aromatic rings. The van der Waals surface area contributed by atoms with E-state index >= 15 is 0 Å². The summed E-state index contributed by atoms with van der Waals surface area (Å²) in [5.41, 5.74) is 7.94. The Kier molecular flexibility index (Phi) is 3.78. The summed E-state index contributed by atoms with van der Waals surface area (Å²) in [6, 6.07) is 5.91. The van der Waals surface area contributed by atoms with Gasteiger partial charge in [-0.3, -0.25) is 0 Å². The first-order chi connectivity index (χ1) is 9.78. The van der Waals surface area contributed by atoms with Gasteiger partial charge in [0, 0.05) is 12.0 Å². The van der Waals surface area contributed by atoms with Crippen LogP contribution in [0, 0.1) is 0 Å². The van der Waals surface area contributed by atoms with E-state index in [2.05, 4.69) is 11.9 Å². The minimum absolute atomic E-state index is 0.685. The Morgan fingerprint density at radius 2 is 2.05 bits per heavy atom. The topological polar surface area (TPSA) is 57.4 Å². The van der Waals surface area contributed by atoms with Gasteiger partial charge in [-0.05, 0) is 31.0 Å². The lowest BCUT2D eigenvalue weighted by atomic mass is 10.1. The van der Waals surface area contributed by atoms with Crippen molar-refractivity contribution in [1.82, 2.24) is 4.98 Å². The van der Waals surface area contributed by atoms with Gasteiger partial charge in [0.2, 0.25) is 0 Å². The van der Waals surface area contributed by atoms with Crippen molar-refractivity contribution < 1.29 is 9.47 Å². The largest absolute Gasteiger partial charge is 0.490 e. The van der Waals surface area contributed by atoms with Crippen LogP contribution in [-0.2, 0) is 6.42 Å². The van der Waals surface area contributed by atoms with Crippen LogP contribution >= 0.6 is 11.3 Å². The average Bonchev–Trinajstić information content (AvgIpc) is 2.68. The lowest BCUT2D eigenvalue weighted by Gasteiger charge is -2.08. The Bertz CT molecular complexity index is 610. The first-order valence-corrected chi connectivity index (χ1v) is 7.74. The molecule has 0 fully saturated rings. The molecule has 0 amide bonds. The van der Waals surface area contributed by atoms with Crippen LogP contribution in [-0.4, -0.2) is 18.2 Å². The standard InChI is InChI=1S/C15H18N2O2S/c1-2-4-13-17-14(15(16)20-13)10-5-6-11-12(9-10)19-8-3-7-18-11/h5-6,9H,2-4,7-8,16H2,1H3. The smallest absolute Gasteiger partial charge is 0.161 e. The van der Waals surface area contributed by atoms with Crippen LogP contribution in [0.5, 0.6) is 11.5 Å². The van der Waals surface area contributed by atoms with Gasteiger partial charge in [0.25, 0.3) is 0 Å². The molecule has 1 aromatic carbocycles. The number of nitrogens with two attached hydrogens (primary N) is 1. The fourth-order valence-electron chi connectivity index (χ4n) is 2.22. The molecule has 20 heavy (non-hydrogen) atoms. The highest BCUT2D eigenvalue weighted by Crippen LogP contribution is 2.37. The fourth-order valence-corrected chi connectivity index (χ4v) is 3.17. The normalized spacial score (nSPS) is 14.1. The molecule has 0 saturated heterocycles. The molecule has 0 atom stereocenters.